The van der Waals surface area contributed by atoms with E-state index in [0.717, 1.165) is 0 Å². The summed E-state index contributed by atoms with van der Waals surface area (Å²) in [6.07, 6.45) is 12.0. The van der Waals surface area contributed by atoms with Crippen molar-refractivity contribution >= 4 is 10.9 Å². The fourth-order valence-corrected chi connectivity index (χ4v) is 3.63. The Morgan fingerprint density at radius 3 is 3.05 bits per heavy atom. The van der Waals surface area contributed by atoms with E-state index in [0.29, 0.717) is 11.8 Å². The predicted octanol–water partition coefficient (Wildman–Crippen LogP) is 5.19. The summed E-state index contributed by atoms with van der Waals surface area (Å²) in [6, 6.07) is 6.75. The first-order valence-electron chi connectivity index (χ1n) is 7.56. The smallest absolute Gasteiger partial charge is 0.0459 e. The van der Waals surface area contributed by atoms with E-state index < -0.39 is 0 Å². The van der Waals surface area contributed by atoms with Crippen molar-refractivity contribution in [3.8, 4) is 0 Å². The standard InChI is InChI=1S/C18H23N/c1-3-5-8-15-13(7-4-2)11-14-12-19-17-10-6-9-16(15)18(14)17/h4,6-7,9-10,12-13,15,19H,3,5,8,11H2,1-2H3/b7-4-/t13-,15?/m1/s1. The van der Waals surface area contributed by atoms with E-state index in [2.05, 4.69) is 55.4 Å². The molecular weight excluding hydrogens is 230 g/mol. The van der Waals surface area contributed by atoms with Gasteiger partial charge in [-0.05, 0) is 48.8 Å². The van der Waals surface area contributed by atoms with Crippen molar-refractivity contribution in [1.29, 1.82) is 0 Å². The van der Waals surface area contributed by atoms with E-state index in [-0.39, 0.29) is 0 Å². The number of hydrogen-bond donors (Lipinski definition) is 1. The van der Waals surface area contributed by atoms with Gasteiger partial charge in [-0.1, -0.05) is 44.1 Å². The van der Waals surface area contributed by atoms with Crippen LogP contribution in [0.4, 0.5) is 0 Å². The van der Waals surface area contributed by atoms with Gasteiger partial charge in [-0.15, -0.1) is 0 Å². The van der Waals surface area contributed by atoms with Crippen LogP contribution in [0.5, 0.6) is 0 Å². The van der Waals surface area contributed by atoms with E-state index in [4.69, 9.17) is 0 Å². The molecule has 0 radical (unpaired) electrons. The Balaban J connectivity index is 2.08. The van der Waals surface area contributed by atoms with E-state index >= 15 is 0 Å². The van der Waals surface area contributed by atoms with Gasteiger partial charge in [-0.25, -0.2) is 0 Å². The number of rotatable bonds is 4. The van der Waals surface area contributed by atoms with Gasteiger partial charge in [-0.2, -0.15) is 0 Å². The average Bonchev–Trinajstić information content (AvgIpc) is 2.83. The molecule has 2 aromatic rings. The highest BCUT2D eigenvalue weighted by Crippen LogP contribution is 2.43. The minimum atomic E-state index is 0.672. The summed E-state index contributed by atoms with van der Waals surface area (Å²) in [5.74, 6) is 1.37. The highest BCUT2D eigenvalue weighted by Gasteiger charge is 2.28. The summed E-state index contributed by atoms with van der Waals surface area (Å²) in [7, 11) is 0. The first-order valence-corrected chi connectivity index (χ1v) is 7.56. The molecule has 1 unspecified atom stereocenters. The largest absolute Gasteiger partial charge is 0.361 e. The quantitative estimate of drug-likeness (QED) is 0.722. The third-order valence-corrected chi connectivity index (χ3v) is 4.50. The van der Waals surface area contributed by atoms with Gasteiger partial charge in [0, 0.05) is 17.1 Å². The van der Waals surface area contributed by atoms with Crippen LogP contribution in [-0.4, -0.2) is 4.98 Å². The molecule has 1 aliphatic carbocycles. The SMILES string of the molecule is C/C=C\[C@@H]1Cc2c[nH]c3cccc(c23)C1CCCC. The predicted molar refractivity (Wildman–Crippen MR) is 82.6 cm³/mol. The van der Waals surface area contributed by atoms with Crippen molar-refractivity contribution in [1.82, 2.24) is 4.98 Å². The topological polar surface area (TPSA) is 15.8 Å². The minimum absolute atomic E-state index is 0.672. The zero-order chi connectivity index (χ0) is 13.2. The Morgan fingerprint density at radius 2 is 2.26 bits per heavy atom. The lowest BCUT2D eigenvalue weighted by Gasteiger charge is -2.30. The van der Waals surface area contributed by atoms with Crippen LogP contribution >= 0.6 is 0 Å². The second-order valence-corrected chi connectivity index (χ2v) is 5.73. The number of aromatic amines is 1. The van der Waals surface area contributed by atoms with Crippen molar-refractivity contribution in [2.45, 2.75) is 45.4 Å². The number of nitrogens with one attached hydrogen (secondary N) is 1. The molecule has 0 saturated carbocycles. The Kier molecular flexibility index (Phi) is 3.46. The third-order valence-electron chi connectivity index (χ3n) is 4.50. The van der Waals surface area contributed by atoms with Crippen molar-refractivity contribution < 1.29 is 0 Å². The van der Waals surface area contributed by atoms with Gasteiger partial charge in [-0.3, -0.25) is 0 Å². The molecule has 0 amide bonds. The molecule has 1 nitrogen and oxygen atoms in total. The molecule has 2 atom stereocenters. The zero-order valence-corrected chi connectivity index (χ0v) is 11.9. The highest BCUT2D eigenvalue weighted by atomic mass is 14.7. The van der Waals surface area contributed by atoms with Crippen LogP contribution in [-0.2, 0) is 6.42 Å². The lowest BCUT2D eigenvalue weighted by atomic mass is 9.73. The van der Waals surface area contributed by atoms with Crippen LogP contribution in [0.15, 0.2) is 36.5 Å². The number of hydrogen-bond acceptors (Lipinski definition) is 0. The van der Waals surface area contributed by atoms with Crippen LogP contribution in [0.25, 0.3) is 10.9 Å². The molecule has 1 heteroatoms. The highest BCUT2D eigenvalue weighted by molar-refractivity contribution is 5.88. The maximum Gasteiger partial charge on any atom is 0.0459 e. The third kappa shape index (κ3) is 2.11. The molecule has 0 bridgehead atoms. The van der Waals surface area contributed by atoms with E-state index in [1.165, 1.54) is 42.1 Å². The molecule has 3 rings (SSSR count). The Morgan fingerprint density at radius 1 is 1.37 bits per heavy atom. The lowest BCUT2D eigenvalue weighted by molar-refractivity contribution is 0.453. The first-order chi connectivity index (χ1) is 9.35. The molecule has 1 aromatic carbocycles. The first kappa shape index (κ1) is 12.5. The van der Waals surface area contributed by atoms with Crippen LogP contribution in [0.2, 0.25) is 0 Å². The molecular formula is C18H23N. The van der Waals surface area contributed by atoms with Gasteiger partial charge in [0.15, 0.2) is 0 Å². The number of allylic oxidation sites excluding steroid dienone is 2. The summed E-state index contributed by atoms with van der Waals surface area (Å²) in [4.78, 5) is 3.44. The maximum absolute atomic E-state index is 3.44. The van der Waals surface area contributed by atoms with E-state index in [9.17, 15) is 0 Å². The number of H-pyrrole nitrogens is 1. The number of unbranched alkanes of at least 4 members (excludes halogenated alkanes) is 1. The summed E-state index contributed by atoms with van der Waals surface area (Å²) >= 11 is 0. The lowest BCUT2D eigenvalue weighted by Crippen LogP contribution is -2.18. The number of benzene rings is 1. The van der Waals surface area contributed by atoms with Crippen LogP contribution in [0.3, 0.4) is 0 Å². The monoisotopic (exact) mass is 253 g/mol. The molecule has 1 N–H and O–H groups in total. The molecule has 19 heavy (non-hydrogen) atoms. The summed E-state index contributed by atoms with van der Waals surface area (Å²) in [6.45, 7) is 4.43. The molecule has 0 spiro atoms. The Labute approximate surface area is 115 Å². The fraction of sp³-hybridized carbons (Fsp3) is 0.444. The second-order valence-electron chi connectivity index (χ2n) is 5.73. The van der Waals surface area contributed by atoms with Crippen molar-refractivity contribution in [3.63, 3.8) is 0 Å². The van der Waals surface area contributed by atoms with Crippen molar-refractivity contribution in [2.75, 3.05) is 0 Å². The minimum Gasteiger partial charge on any atom is -0.361 e. The molecule has 0 fully saturated rings. The normalized spacial score (nSPS) is 22.4. The summed E-state index contributed by atoms with van der Waals surface area (Å²) in [5.41, 5.74) is 4.38. The van der Waals surface area contributed by atoms with Gasteiger partial charge in [0.2, 0.25) is 0 Å². The molecule has 1 aliphatic rings. The van der Waals surface area contributed by atoms with E-state index in [1.807, 2.05) is 0 Å². The van der Waals surface area contributed by atoms with Gasteiger partial charge in [0.25, 0.3) is 0 Å². The number of aromatic nitrogens is 1. The van der Waals surface area contributed by atoms with Crippen LogP contribution in [0, 0.1) is 5.92 Å². The summed E-state index contributed by atoms with van der Waals surface area (Å²) in [5, 5.41) is 1.50. The molecule has 1 heterocycles. The second kappa shape index (κ2) is 5.24. The van der Waals surface area contributed by atoms with Gasteiger partial charge in [0.1, 0.15) is 0 Å². The molecule has 0 saturated heterocycles. The van der Waals surface area contributed by atoms with Gasteiger partial charge >= 0.3 is 0 Å². The Hall–Kier alpha value is -1.50. The maximum atomic E-state index is 3.44. The van der Waals surface area contributed by atoms with Crippen molar-refractivity contribution in [2.24, 2.45) is 5.92 Å². The van der Waals surface area contributed by atoms with Gasteiger partial charge < -0.3 is 4.98 Å². The molecule has 100 valence electrons. The average molecular weight is 253 g/mol. The zero-order valence-electron chi connectivity index (χ0n) is 11.9. The Bertz CT molecular complexity index is 591. The van der Waals surface area contributed by atoms with E-state index in [1.54, 1.807) is 5.56 Å². The fourth-order valence-electron chi connectivity index (χ4n) is 3.63. The van der Waals surface area contributed by atoms with Crippen LogP contribution in [0.1, 0.15) is 50.2 Å². The molecule has 1 aromatic heterocycles. The summed E-state index contributed by atoms with van der Waals surface area (Å²) < 4.78 is 0. The van der Waals surface area contributed by atoms with Crippen molar-refractivity contribution in [3.05, 3.63) is 47.7 Å². The van der Waals surface area contributed by atoms with Gasteiger partial charge in [0.05, 0.1) is 0 Å². The molecule has 0 aliphatic heterocycles. The van der Waals surface area contributed by atoms with Crippen LogP contribution < -0.4 is 0 Å².